The minimum atomic E-state index is -0.627. The first kappa shape index (κ1) is 10.3. The fraction of sp³-hybridized carbons (Fsp3) is 0.444. The van der Waals surface area contributed by atoms with E-state index in [1.54, 1.807) is 6.07 Å². The van der Waals surface area contributed by atoms with Gasteiger partial charge in [0.15, 0.2) is 0 Å². The molecule has 0 amide bonds. The maximum Gasteiger partial charge on any atom is 0.328 e. The first-order chi connectivity index (χ1) is 6.54. The van der Waals surface area contributed by atoms with Gasteiger partial charge in [0.2, 0.25) is 0 Å². The molecule has 0 unspecified atom stereocenters. The summed E-state index contributed by atoms with van der Waals surface area (Å²) in [6.45, 7) is 4.39. The van der Waals surface area contributed by atoms with Crippen LogP contribution in [-0.2, 0) is 6.54 Å². The molecule has 1 N–H and O–H groups in total. The van der Waals surface area contributed by atoms with Gasteiger partial charge in [-0.2, -0.15) is 5.26 Å². The Morgan fingerprint density at radius 2 is 2.21 bits per heavy atom. The summed E-state index contributed by atoms with van der Waals surface area (Å²) in [5.41, 5.74) is -1.13. The Kier molecular flexibility index (Phi) is 2.87. The standard InChI is InChI=1S/C9H11N3O2/c1-6(2)4-12-5-7(3-10)8(13)11-9(12)14/h5-6H,4H2,1-2H3,(H,11,13,14). The van der Waals surface area contributed by atoms with Crippen molar-refractivity contribution in [3.05, 3.63) is 32.6 Å². The Bertz CT molecular complexity index is 476. The van der Waals surface area contributed by atoms with Crippen molar-refractivity contribution >= 4 is 0 Å². The molecule has 1 rings (SSSR count). The Morgan fingerprint density at radius 1 is 1.57 bits per heavy atom. The van der Waals surface area contributed by atoms with E-state index in [4.69, 9.17) is 5.26 Å². The largest absolute Gasteiger partial charge is 0.328 e. The van der Waals surface area contributed by atoms with Crippen LogP contribution >= 0.6 is 0 Å². The molecule has 5 heteroatoms. The monoisotopic (exact) mass is 193 g/mol. The molecule has 0 saturated carbocycles. The molecular formula is C9H11N3O2. The molecule has 5 nitrogen and oxygen atoms in total. The highest BCUT2D eigenvalue weighted by molar-refractivity contribution is 5.21. The van der Waals surface area contributed by atoms with E-state index >= 15 is 0 Å². The van der Waals surface area contributed by atoms with Crippen molar-refractivity contribution in [3.8, 4) is 6.07 Å². The zero-order valence-electron chi connectivity index (χ0n) is 8.07. The van der Waals surface area contributed by atoms with Crippen molar-refractivity contribution in [3.63, 3.8) is 0 Å². The molecular weight excluding hydrogens is 182 g/mol. The van der Waals surface area contributed by atoms with Gasteiger partial charge in [-0.25, -0.2) is 4.79 Å². The molecule has 0 aliphatic heterocycles. The summed E-state index contributed by atoms with van der Waals surface area (Å²) < 4.78 is 1.34. The van der Waals surface area contributed by atoms with Crippen LogP contribution in [0.25, 0.3) is 0 Å². The molecule has 0 aliphatic rings. The van der Waals surface area contributed by atoms with Crippen molar-refractivity contribution in [2.45, 2.75) is 20.4 Å². The van der Waals surface area contributed by atoms with Crippen molar-refractivity contribution in [2.75, 3.05) is 0 Å². The summed E-state index contributed by atoms with van der Waals surface area (Å²) in [7, 11) is 0. The van der Waals surface area contributed by atoms with E-state index in [2.05, 4.69) is 4.98 Å². The summed E-state index contributed by atoms with van der Waals surface area (Å²) in [5.74, 6) is 0.283. The van der Waals surface area contributed by atoms with Gasteiger partial charge in [0, 0.05) is 12.7 Å². The Hall–Kier alpha value is -1.83. The van der Waals surface area contributed by atoms with Crippen LogP contribution in [0.1, 0.15) is 19.4 Å². The van der Waals surface area contributed by atoms with E-state index in [-0.39, 0.29) is 11.5 Å². The van der Waals surface area contributed by atoms with E-state index in [1.165, 1.54) is 10.8 Å². The van der Waals surface area contributed by atoms with Gasteiger partial charge in [-0.1, -0.05) is 13.8 Å². The van der Waals surface area contributed by atoms with Crippen LogP contribution in [0, 0.1) is 17.2 Å². The van der Waals surface area contributed by atoms with Gasteiger partial charge >= 0.3 is 5.69 Å². The number of hydrogen-bond acceptors (Lipinski definition) is 3. The molecule has 0 aromatic carbocycles. The zero-order chi connectivity index (χ0) is 10.7. The predicted octanol–water partition coefficient (Wildman–Crippen LogP) is 0.0643. The highest BCUT2D eigenvalue weighted by Gasteiger charge is 2.04. The van der Waals surface area contributed by atoms with Gasteiger partial charge in [-0.15, -0.1) is 0 Å². The topological polar surface area (TPSA) is 78.7 Å². The van der Waals surface area contributed by atoms with E-state index in [9.17, 15) is 9.59 Å². The lowest BCUT2D eigenvalue weighted by molar-refractivity contribution is 0.501. The minimum absolute atomic E-state index is 0.0368. The van der Waals surface area contributed by atoms with Crippen LogP contribution in [-0.4, -0.2) is 9.55 Å². The first-order valence-electron chi connectivity index (χ1n) is 4.28. The van der Waals surface area contributed by atoms with Crippen LogP contribution in [0.5, 0.6) is 0 Å². The highest BCUT2D eigenvalue weighted by atomic mass is 16.2. The smallest absolute Gasteiger partial charge is 0.299 e. The van der Waals surface area contributed by atoms with Crippen LogP contribution in [0.15, 0.2) is 15.8 Å². The zero-order valence-corrected chi connectivity index (χ0v) is 8.07. The third kappa shape index (κ3) is 2.10. The van der Waals surface area contributed by atoms with Crippen molar-refractivity contribution in [1.82, 2.24) is 9.55 Å². The van der Waals surface area contributed by atoms with E-state index < -0.39 is 11.2 Å². The van der Waals surface area contributed by atoms with Crippen molar-refractivity contribution < 1.29 is 0 Å². The van der Waals surface area contributed by atoms with Crippen LogP contribution in [0.2, 0.25) is 0 Å². The molecule has 0 fully saturated rings. The van der Waals surface area contributed by atoms with E-state index in [0.717, 1.165) is 0 Å². The summed E-state index contributed by atoms with van der Waals surface area (Å²) >= 11 is 0. The third-order valence-electron chi connectivity index (χ3n) is 1.69. The molecule has 0 aliphatic carbocycles. The normalized spacial score (nSPS) is 10.1. The van der Waals surface area contributed by atoms with Gasteiger partial charge in [0.1, 0.15) is 11.6 Å². The van der Waals surface area contributed by atoms with Crippen LogP contribution in [0.4, 0.5) is 0 Å². The number of nitrogens with zero attached hydrogens (tertiary/aromatic N) is 2. The number of nitrogens with one attached hydrogen (secondary N) is 1. The lowest BCUT2D eigenvalue weighted by Gasteiger charge is -2.07. The molecule has 14 heavy (non-hydrogen) atoms. The SMILES string of the molecule is CC(C)Cn1cc(C#N)c(=O)[nH]c1=O. The van der Waals surface area contributed by atoms with Gasteiger partial charge in [0.05, 0.1) is 0 Å². The average molecular weight is 193 g/mol. The Balaban J connectivity index is 3.27. The van der Waals surface area contributed by atoms with E-state index in [1.807, 2.05) is 13.8 Å². The van der Waals surface area contributed by atoms with E-state index in [0.29, 0.717) is 6.54 Å². The molecule has 0 radical (unpaired) electrons. The molecule has 74 valence electrons. The number of H-pyrrole nitrogens is 1. The number of hydrogen-bond donors (Lipinski definition) is 1. The van der Waals surface area contributed by atoms with Crippen LogP contribution in [0.3, 0.4) is 0 Å². The number of nitriles is 1. The fourth-order valence-electron chi connectivity index (χ4n) is 1.12. The fourth-order valence-corrected chi connectivity index (χ4v) is 1.12. The highest BCUT2D eigenvalue weighted by Crippen LogP contribution is 1.95. The van der Waals surface area contributed by atoms with Crippen LogP contribution < -0.4 is 11.2 Å². The lowest BCUT2D eigenvalue weighted by atomic mass is 10.2. The number of rotatable bonds is 2. The minimum Gasteiger partial charge on any atom is -0.299 e. The molecule has 0 saturated heterocycles. The second kappa shape index (κ2) is 3.92. The lowest BCUT2D eigenvalue weighted by Crippen LogP contribution is -2.32. The summed E-state index contributed by atoms with van der Waals surface area (Å²) in [4.78, 5) is 24.4. The summed E-state index contributed by atoms with van der Waals surface area (Å²) in [6.07, 6.45) is 1.29. The maximum absolute atomic E-state index is 11.2. The number of aromatic amines is 1. The molecule has 1 aromatic heterocycles. The second-order valence-electron chi connectivity index (χ2n) is 3.46. The average Bonchev–Trinajstić information content (AvgIpc) is 2.09. The molecule has 1 aromatic rings. The third-order valence-corrected chi connectivity index (χ3v) is 1.69. The van der Waals surface area contributed by atoms with Gasteiger partial charge in [-0.05, 0) is 5.92 Å². The van der Waals surface area contributed by atoms with Gasteiger partial charge < -0.3 is 0 Å². The molecule has 0 bridgehead atoms. The molecule has 1 heterocycles. The predicted molar refractivity (Wildman–Crippen MR) is 50.9 cm³/mol. The summed E-state index contributed by atoms with van der Waals surface area (Å²) in [5, 5.41) is 8.58. The first-order valence-corrected chi connectivity index (χ1v) is 4.28. The molecule has 0 spiro atoms. The Morgan fingerprint density at radius 3 is 2.71 bits per heavy atom. The Labute approximate surface area is 80.6 Å². The maximum atomic E-state index is 11.2. The second-order valence-corrected chi connectivity index (χ2v) is 3.46. The quantitative estimate of drug-likeness (QED) is 0.721. The molecule has 0 atom stereocenters. The van der Waals surface area contributed by atoms with Gasteiger partial charge in [-0.3, -0.25) is 14.3 Å². The van der Waals surface area contributed by atoms with Gasteiger partial charge in [0.25, 0.3) is 5.56 Å². The van der Waals surface area contributed by atoms with Crippen molar-refractivity contribution in [1.29, 1.82) is 5.26 Å². The summed E-state index contributed by atoms with van der Waals surface area (Å²) in [6, 6.07) is 1.73. The number of aromatic nitrogens is 2. The van der Waals surface area contributed by atoms with Crippen molar-refractivity contribution in [2.24, 2.45) is 5.92 Å².